The molecule has 0 bridgehead atoms. The number of aromatic nitrogens is 3. The van der Waals surface area contributed by atoms with Crippen LogP contribution >= 0.6 is 0 Å². The van der Waals surface area contributed by atoms with Crippen molar-refractivity contribution in [3.05, 3.63) is 42.0 Å². The van der Waals surface area contributed by atoms with Crippen LogP contribution in [0.3, 0.4) is 0 Å². The van der Waals surface area contributed by atoms with Crippen molar-refractivity contribution in [2.75, 3.05) is 6.54 Å². The molecule has 0 saturated heterocycles. The van der Waals surface area contributed by atoms with E-state index in [0.29, 0.717) is 6.04 Å². The van der Waals surface area contributed by atoms with Gasteiger partial charge < -0.3 is 9.88 Å². The minimum absolute atomic E-state index is 0.472. The largest absolute Gasteiger partial charge is 0.344 e. The van der Waals surface area contributed by atoms with Crippen molar-refractivity contribution in [3.63, 3.8) is 0 Å². The van der Waals surface area contributed by atoms with Crippen LogP contribution in [0.25, 0.3) is 0 Å². The maximum atomic E-state index is 4.65. The first kappa shape index (κ1) is 13.9. The summed E-state index contributed by atoms with van der Waals surface area (Å²) in [7, 11) is 0. The fourth-order valence-electron chi connectivity index (χ4n) is 2.09. The quantitative estimate of drug-likeness (QED) is 0.830. The van der Waals surface area contributed by atoms with Crippen molar-refractivity contribution in [1.82, 2.24) is 19.7 Å². The van der Waals surface area contributed by atoms with Gasteiger partial charge in [0.05, 0.1) is 12.2 Å². The van der Waals surface area contributed by atoms with Crippen molar-refractivity contribution >= 4 is 0 Å². The van der Waals surface area contributed by atoms with Gasteiger partial charge in [-0.15, -0.1) is 0 Å². The number of hydrogen-bond donors (Lipinski definition) is 1. The lowest BCUT2D eigenvalue weighted by molar-refractivity contribution is 0.472. The van der Waals surface area contributed by atoms with Crippen LogP contribution in [0.4, 0.5) is 0 Å². The maximum absolute atomic E-state index is 4.65. The van der Waals surface area contributed by atoms with Gasteiger partial charge in [0.1, 0.15) is 0 Å². The van der Waals surface area contributed by atoms with E-state index < -0.39 is 0 Å². The van der Waals surface area contributed by atoms with Crippen LogP contribution in [0.1, 0.15) is 44.6 Å². The van der Waals surface area contributed by atoms with Gasteiger partial charge in [0, 0.05) is 30.7 Å². The van der Waals surface area contributed by atoms with Crippen molar-refractivity contribution < 1.29 is 0 Å². The highest BCUT2D eigenvalue weighted by atomic mass is 15.3. The minimum atomic E-state index is 0.472. The van der Waals surface area contributed by atoms with E-state index in [1.165, 1.54) is 5.69 Å². The van der Waals surface area contributed by atoms with Crippen molar-refractivity contribution in [3.8, 4) is 0 Å². The van der Waals surface area contributed by atoms with Crippen LogP contribution < -0.4 is 5.32 Å². The van der Waals surface area contributed by atoms with Crippen molar-refractivity contribution in [2.24, 2.45) is 0 Å². The Morgan fingerprint density at radius 3 is 2.84 bits per heavy atom. The predicted molar refractivity (Wildman–Crippen MR) is 78.1 cm³/mol. The molecule has 19 heavy (non-hydrogen) atoms. The highest BCUT2D eigenvalue weighted by molar-refractivity contribution is 5.10. The molecular formula is C15H24N4. The summed E-state index contributed by atoms with van der Waals surface area (Å²) in [6.45, 7) is 9.26. The molecule has 104 valence electrons. The molecule has 0 amide bonds. The van der Waals surface area contributed by atoms with Gasteiger partial charge in [-0.3, -0.25) is 4.68 Å². The van der Waals surface area contributed by atoms with Crippen LogP contribution in [0.2, 0.25) is 0 Å². The number of nitrogens with zero attached hydrogens (tertiary/aromatic N) is 3. The molecule has 0 fully saturated rings. The van der Waals surface area contributed by atoms with Gasteiger partial charge in [0.25, 0.3) is 0 Å². The van der Waals surface area contributed by atoms with Gasteiger partial charge in [-0.25, -0.2) is 0 Å². The first-order valence-electron chi connectivity index (χ1n) is 7.13. The molecule has 2 heterocycles. The molecule has 0 aliphatic heterocycles. The van der Waals surface area contributed by atoms with Gasteiger partial charge >= 0.3 is 0 Å². The Balaban J connectivity index is 2.04. The Morgan fingerprint density at radius 1 is 1.26 bits per heavy atom. The first-order valence-corrected chi connectivity index (χ1v) is 7.13. The second-order valence-corrected chi connectivity index (χ2v) is 4.95. The van der Waals surface area contributed by atoms with E-state index in [1.54, 1.807) is 0 Å². The molecule has 0 aliphatic carbocycles. The number of rotatable bonds is 7. The van der Waals surface area contributed by atoms with E-state index in [0.717, 1.165) is 31.7 Å². The number of hydrogen-bond acceptors (Lipinski definition) is 2. The Bertz CT molecular complexity index is 498. The van der Waals surface area contributed by atoms with E-state index in [1.807, 2.05) is 0 Å². The monoisotopic (exact) mass is 260 g/mol. The molecular weight excluding hydrogens is 236 g/mol. The third kappa shape index (κ3) is 3.47. The summed E-state index contributed by atoms with van der Waals surface area (Å²) < 4.78 is 4.31. The Morgan fingerprint density at radius 2 is 2.11 bits per heavy atom. The van der Waals surface area contributed by atoms with Gasteiger partial charge in [-0.2, -0.15) is 5.10 Å². The third-order valence-electron chi connectivity index (χ3n) is 3.52. The average Bonchev–Trinajstić information content (AvgIpc) is 3.05. The van der Waals surface area contributed by atoms with Gasteiger partial charge in [-0.1, -0.05) is 13.8 Å². The second kappa shape index (κ2) is 6.57. The van der Waals surface area contributed by atoms with Gasteiger partial charge in [0.2, 0.25) is 0 Å². The summed E-state index contributed by atoms with van der Waals surface area (Å²) in [4.78, 5) is 0. The summed E-state index contributed by atoms with van der Waals surface area (Å²) >= 11 is 0. The summed E-state index contributed by atoms with van der Waals surface area (Å²) in [6, 6.07) is 6.84. The molecule has 0 saturated carbocycles. The van der Waals surface area contributed by atoms with Gasteiger partial charge in [-0.05, 0) is 38.1 Å². The van der Waals surface area contributed by atoms with E-state index in [9.17, 15) is 0 Å². The third-order valence-corrected chi connectivity index (χ3v) is 3.52. The fraction of sp³-hybridized carbons (Fsp3) is 0.533. The van der Waals surface area contributed by atoms with E-state index in [-0.39, 0.29) is 0 Å². The van der Waals surface area contributed by atoms with Crippen LogP contribution in [0, 0.1) is 0 Å². The zero-order valence-electron chi connectivity index (χ0n) is 12.1. The zero-order valence-corrected chi connectivity index (χ0v) is 12.1. The Hall–Kier alpha value is -1.55. The molecule has 0 radical (unpaired) electrons. The second-order valence-electron chi connectivity index (χ2n) is 4.95. The Kier molecular flexibility index (Phi) is 4.80. The predicted octanol–water partition coefficient (Wildman–Crippen LogP) is 2.81. The minimum Gasteiger partial charge on any atom is -0.344 e. The van der Waals surface area contributed by atoms with E-state index >= 15 is 0 Å². The molecule has 0 spiro atoms. The standard InChI is InChI=1S/C15H24N4/c1-4-13(3)19-10-8-14(17-19)12-18-9-6-7-15(18)11-16-5-2/h6-10,13,16H,4-5,11-12H2,1-3H3. The van der Waals surface area contributed by atoms with E-state index in [4.69, 9.17) is 0 Å². The lowest BCUT2D eigenvalue weighted by Crippen LogP contribution is -2.15. The first-order chi connectivity index (χ1) is 9.24. The normalized spacial score (nSPS) is 12.8. The molecule has 2 aromatic rings. The smallest absolute Gasteiger partial charge is 0.0821 e. The molecule has 2 aromatic heterocycles. The van der Waals surface area contributed by atoms with Gasteiger partial charge in [0.15, 0.2) is 0 Å². The summed E-state index contributed by atoms with van der Waals surface area (Å²) in [5.41, 5.74) is 2.43. The van der Waals surface area contributed by atoms with E-state index in [2.05, 4.69) is 71.0 Å². The van der Waals surface area contributed by atoms with Crippen molar-refractivity contribution in [2.45, 2.75) is 46.3 Å². The molecule has 4 nitrogen and oxygen atoms in total. The molecule has 2 rings (SSSR count). The van der Waals surface area contributed by atoms with Crippen LogP contribution in [-0.2, 0) is 13.1 Å². The Labute approximate surface area is 115 Å². The average molecular weight is 260 g/mol. The molecule has 1 unspecified atom stereocenters. The summed E-state index contributed by atoms with van der Waals surface area (Å²) in [6.07, 6.45) is 5.31. The zero-order chi connectivity index (χ0) is 13.7. The maximum Gasteiger partial charge on any atom is 0.0821 e. The molecule has 1 N–H and O–H groups in total. The van der Waals surface area contributed by atoms with Crippen LogP contribution in [0.15, 0.2) is 30.6 Å². The number of nitrogens with one attached hydrogen (secondary N) is 1. The molecule has 1 atom stereocenters. The lowest BCUT2D eigenvalue weighted by Gasteiger charge is -2.10. The van der Waals surface area contributed by atoms with Crippen molar-refractivity contribution in [1.29, 1.82) is 0 Å². The summed E-state index contributed by atoms with van der Waals surface area (Å²) in [5, 5.41) is 8.02. The molecule has 0 aromatic carbocycles. The highest BCUT2D eigenvalue weighted by Crippen LogP contribution is 2.11. The van der Waals surface area contributed by atoms with Crippen LogP contribution in [0.5, 0.6) is 0 Å². The van der Waals surface area contributed by atoms with Crippen LogP contribution in [-0.4, -0.2) is 20.9 Å². The SMILES string of the molecule is CCNCc1cccn1Cc1ccn(C(C)CC)n1. The topological polar surface area (TPSA) is 34.8 Å². The molecule has 4 heteroatoms. The lowest BCUT2D eigenvalue weighted by atomic mass is 10.3. The summed E-state index contributed by atoms with van der Waals surface area (Å²) in [5.74, 6) is 0. The fourth-order valence-corrected chi connectivity index (χ4v) is 2.09. The highest BCUT2D eigenvalue weighted by Gasteiger charge is 2.06. The molecule has 0 aliphatic rings.